The van der Waals surface area contributed by atoms with E-state index in [1.807, 2.05) is 115 Å². The molecule has 0 atom stereocenters. The van der Waals surface area contributed by atoms with Gasteiger partial charge in [-0.05, 0) is 60.7 Å². The number of nitrogens with one attached hydrogen (secondary N) is 2. The highest BCUT2D eigenvalue weighted by Crippen LogP contribution is 2.65. The molecule has 0 saturated heterocycles. The lowest BCUT2D eigenvalue weighted by molar-refractivity contribution is -0.117. The van der Waals surface area contributed by atoms with Crippen LogP contribution in [0.3, 0.4) is 0 Å². The van der Waals surface area contributed by atoms with Crippen molar-refractivity contribution in [1.82, 2.24) is 0 Å². The molecule has 2 N–H and O–H groups in total. The number of carbonyl (C=O) groups is 2. The smallest absolute Gasteiger partial charge is 0.250 e. The number of allylic oxidation sites excluding steroid dienone is 2. The Kier molecular flexibility index (Phi) is 7.59. The molecular weight excluding hydrogens is 542 g/mol. The summed E-state index contributed by atoms with van der Waals surface area (Å²) in [7, 11) is -3.08. The second-order valence-electron chi connectivity index (χ2n) is 9.73. The van der Waals surface area contributed by atoms with Gasteiger partial charge in [0.15, 0.2) is 18.4 Å². The molecule has 0 radical (unpaired) electrons. The molecule has 5 aromatic carbocycles. The van der Waals surface area contributed by atoms with E-state index >= 15 is 4.39 Å². The average molecular weight is 570 g/mol. The molecule has 1 aliphatic carbocycles. The van der Waals surface area contributed by atoms with Crippen LogP contribution in [0.15, 0.2) is 174 Å². The van der Waals surface area contributed by atoms with Crippen molar-refractivity contribution in [3.8, 4) is 0 Å². The largest absolute Gasteiger partial charge is 0.350 e. The Bertz CT molecular complexity index is 1690. The summed E-state index contributed by atoms with van der Waals surface area (Å²) in [6.45, 7) is 0. The number of hydrogen-bond acceptors (Lipinski definition) is 4. The fourth-order valence-corrected chi connectivity index (χ4v) is 9.77. The van der Waals surface area contributed by atoms with Crippen molar-refractivity contribution < 1.29 is 14.0 Å². The highest BCUT2D eigenvalue weighted by Gasteiger charge is 2.57. The zero-order chi connectivity index (χ0) is 28.9. The number of hydrogen-bond donors (Lipinski definition) is 2. The average Bonchev–Trinajstić information content (AvgIpc) is 3.06. The van der Waals surface area contributed by atoms with Crippen LogP contribution in [0.2, 0.25) is 0 Å². The van der Waals surface area contributed by atoms with Crippen LogP contribution in [-0.4, -0.2) is 11.6 Å². The minimum atomic E-state index is -3.08. The predicted octanol–water partition coefficient (Wildman–Crippen LogP) is 6.75. The molecule has 0 aromatic heterocycles. The van der Waals surface area contributed by atoms with Gasteiger partial charge in [0.1, 0.15) is 27.3 Å². The summed E-state index contributed by atoms with van der Waals surface area (Å²) in [6.07, 6.45) is 0. The van der Waals surface area contributed by atoms with Gasteiger partial charge in [-0.3, -0.25) is 9.59 Å². The lowest BCUT2D eigenvalue weighted by Crippen LogP contribution is -2.40. The third-order valence-corrected chi connectivity index (χ3v) is 11.5. The fraction of sp³-hybridized carbons (Fsp3) is 0. The monoisotopic (exact) mass is 569 g/mol. The second-order valence-corrected chi connectivity index (χ2v) is 13.1. The topological polar surface area (TPSA) is 58.2 Å². The molecule has 0 unspecified atom stereocenters. The van der Waals surface area contributed by atoms with Crippen molar-refractivity contribution in [2.24, 2.45) is 0 Å². The Hall–Kier alpha value is -5.12. The number of Topliss-reactive ketones (excluding diaryl/α,β-unsaturated/α-hetero) is 2. The highest BCUT2D eigenvalue weighted by molar-refractivity contribution is 8.00. The Morgan fingerprint density at radius 2 is 0.762 bits per heavy atom. The fourth-order valence-electron chi connectivity index (χ4n) is 5.33. The Balaban J connectivity index is 1.71. The van der Waals surface area contributed by atoms with Crippen molar-refractivity contribution in [2.75, 3.05) is 10.6 Å². The van der Waals surface area contributed by atoms with Crippen LogP contribution >= 0.6 is 7.26 Å². The number of para-hydroxylation sites is 2. The molecule has 6 heteroatoms. The van der Waals surface area contributed by atoms with Crippen LogP contribution < -0.4 is 26.5 Å². The highest BCUT2D eigenvalue weighted by atomic mass is 31.2. The van der Waals surface area contributed by atoms with Crippen molar-refractivity contribution in [3.63, 3.8) is 0 Å². The summed E-state index contributed by atoms with van der Waals surface area (Å²) >= 11 is 0. The van der Waals surface area contributed by atoms with Crippen LogP contribution in [-0.2, 0) is 9.59 Å². The van der Waals surface area contributed by atoms with Gasteiger partial charge in [0.2, 0.25) is 5.78 Å². The van der Waals surface area contributed by atoms with E-state index in [0.29, 0.717) is 11.4 Å². The molecule has 0 fully saturated rings. The molecule has 0 heterocycles. The first-order valence-electron chi connectivity index (χ1n) is 13.5. The van der Waals surface area contributed by atoms with Gasteiger partial charge in [0, 0.05) is 11.4 Å². The summed E-state index contributed by atoms with van der Waals surface area (Å²) in [4.78, 5) is 29.0. The van der Waals surface area contributed by atoms with E-state index in [1.165, 1.54) is 0 Å². The first-order valence-corrected chi connectivity index (χ1v) is 15.3. The normalized spacial score (nSPS) is 13.7. The van der Waals surface area contributed by atoms with Gasteiger partial charge in [0.05, 0.1) is 0 Å². The maximum absolute atomic E-state index is 16.1. The molecule has 0 amide bonds. The molecule has 0 bridgehead atoms. The second kappa shape index (κ2) is 11.8. The van der Waals surface area contributed by atoms with Gasteiger partial charge in [-0.15, -0.1) is 0 Å². The molecule has 5 aromatic rings. The van der Waals surface area contributed by atoms with Crippen molar-refractivity contribution in [2.45, 2.75) is 0 Å². The van der Waals surface area contributed by atoms with E-state index in [0.717, 1.165) is 15.9 Å². The van der Waals surface area contributed by atoms with E-state index in [2.05, 4.69) is 10.6 Å². The van der Waals surface area contributed by atoms with Crippen LogP contribution in [0.5, 0.6) is 0 Å². The van der Waals surface area contributed by atoms with Crippen molar-refractivity contribution in [3.05, 3.63) is 174 Å². The van der Waals surface area contributed by atoms with Gasteiger partial charge in [-0.25, -0.2) is 4.39 Å². The maximum atomic E-state index is 16.1. The molecule has 0 aliphatic heterocycles. The van der Waals surface area contributed by atoms with Gasteiger partial charge in [-0.1, -0.05) is 91.0 Å². The third kappa shape index (κ3) is 4.85. The summed E-state index contributed by atoms with van der Waals surface area (Å²) in [5, 5.41) is 8.96. The summed E-state index contributed by atoms with van der Waals surface area (Å²) in [5.41, 5.74) is 0.649. The van der Waals surface area contributed by atoms with E-state index in [4.69, 9.17) is 0 Å². The van der Waals surface area contributed by atoms with E-state index in [-0.39, 0.29) is 16.7 Å². The van der Waals surface area contributed by atoms with E-state index in [9.17, 15) is 9.59 Å². The molecule has 42 heavy (non-hydrogen) atoms. The Labute approximate surface area is 244 Å². The maximum Gasteiger partial charge on any atom is 0.250 e. The van der Waals surface area contributed by atoms with Crippen LogP contribution in [0.25, 0.3) is 0 Å². The number of anilines is 2. The van der Waals surface area contributed by atoms with Gasteiger partial charge in [-0.2, -0.15) is 0 Å². The minimum absolute atomic E-state index is 0.0628. The standard InChI is InChI=1S/C36H26FN2O2P/c37-31-32(38-26-16-6-1-7-17-26)35(41)36(33(34(31)40)39-27-18-8-2-9-19-27)42(28-20-10-3-11-21-28,29-22-12-4-13-23-29)30-24-14-5-15-25-30/h1-25H,(H-,38,39,40,41)/p+1. The number of carbonyl (C=O) groups excluding carboxylic acids is 2. The van der Waals surface area contributed by atoms with Crippen LogP contribution in [0.4, 0.5) is 15.8 Å². The molecule has 0 spiro atoms. The SMILES string of the molecule is O=C1C(F)=C(Nc2ccccc2)C(=O)C([P+](c2ccccc2)(c2ccccc2)c2ccccc2)=C1Nc1ccccc1. The van der Waals surface area contributed by atoms with Crippen LogP contribution in [0, 0.1) is 0 Å². The zero-order valence-electron chi connectivity index (χ0n) is 22.6. The van der Waals surface area contributed by atoms with Gasteiger partial charge in [0.25, 0.3) is 5.78 Å². The first-order chi connectivity index (χ1) is 20.6. The quantitative estimate of drug-likeness (QED) is 0.160. The van der Waals surface area contributed by atoms with Crippen molar-refractivity contribution >= 4 is 46.1 Å². The lowest BCUT2D eigenvalue weighted by atomic mass is 10.0. The zero-order valence-corrected chi connectivity index (χ0v) is 23.5. The van der Waals surface area contributed by atoms with Crippen LogP contribution in [0.1, 0.15) is 0 Å². The molecule has 204 valence electrons. The molecule has 0 saturated carbocycles. The minimum Gasteiger partial charge on any atom is -0.350 e. The number of halogens is 1. The summed E-state index contributed by atoms with van der Waals surface area (Å²) in [5.74, 6) is -2.57. The summed E-state index contributed by atoms with van der Waals surface area (Å²) in [6, 6.07) is 47.1. The number of rotatable bonds is 8. The Morgan fingerprint density at radius 3 is 1.14 bits per heavy atom. The number of benzene rings is 5. The molecular formula is C36H27FN2O2P+. The van der Waals surface area contributed by atoms with Crippen molar-refractivity contribution in [1.29, 1.82) is 0 Å². The lowest BCUT2D eigenvalue weighted by Gasteiger charge is -2.32. The summed E-state index contributed by atoms with van der Waals surface area (Å²) < 4.78 is 16.1. The number of ketones is 2. The van der Waals surface area contributed by atoms with E-state index in [1.54, 1.807) is 36.4 Å². The third-order valence-electron chi connectivity index (χ3n) is 7.18. The Morgan fingerprint density at radius 1 is 0.429 bits per heavy atom. The molecule has 4 nitrogen and oxygen atoms in total. The molecule has 6 rings (SSSR count). The molecule has 1 aliphatic rings. The predicted molar refractivity (Wildman–Crippen MR) is 170 cm³/mol. The van der Waals surface area contributed by atoms with Gasteiger partial charge < -0.3 is 10.6 Å². The van der Waals surface area contributed by atoms with E-state index < -0.39 is 24.7 Å². The first kappa shape index (κ1) is 27.1. The van der Waals surface area contributed by atoms with Gasteiger partial charge >= 0.3 is 0 Å².